The van der Waals surface area contributed by atoms with Crippen LogP contribution in [0.3, 0.4) is 0 Å². The highest BCUT2D eigenvalue weighted by molar-refractivity contribution is 5.90. The lowest BCUT2D eigenvalue weighted by molar-refractivity contribution is -0.148. The second-order valence-electron chi connectivity index (χ2n) is 14.7. The Labute approximate surface area is 251 Å². The molecule has 1 aromatic rings. The van der Waals surface area contributed by atoms with Crippen LogP contribution < -0.4 is 10.6 Å². The molecule has 1 unspecified atom stereocenters. The maximum Gasteiger partial charge on any atom is 0.245 e. The summed E-state index contributed by atoms with van der Waals surface area (Å²) in [5.74, 6) is 0.394. The van der Waals surface area contributed by atoms with E-state index in [9.17, 15) is 18.8 Å². The van der Waals surface area contributed by atoms with E-state index in [1.54, 1.807) is 12.1 Å². The third-order valence-corrected chi connectivity index (χ3v) is 10.6. The number of nitrogens with zero attached hydrogens (tertiary/aromatic N) is 2. The molecular formula is C34H51FN4O3. The monoisotopic (exact) mass is 582 g/mol. The highest BCUT2D eigenvalue weighted by Crippen LogP contribution is 2.46. The Balaban J connectivity index is 1.32. The van der Waals surface area contributed by atoms with Gasteiger partial charge in [0.15, 0.2) is 0 Å². The average molecular weight is 583 g/mol. The molecule has 2 bridgehead atoms. The molecule has 5 aliphatic rings. The maximum absolute atomic E-state index is 14.1. The Bertz CT molecular complexity index is 1120. The molecule has 5 fully saturated rings. The number of likely N-dealkylation sites (tertiary alicyclic amines) is 1. The number of amides is 3. The Hall–Kier alpha value is -2.48. The number of nitrogens with one attached hydrogen (secondary N) is 2. The van der Waals surface area contributed by atoms with E-state index in [4.69, 9.17) is 0 Å². The minimum atomic E-state index is -0.723. The Morgan fingerprint density at radius 1 is 1.00 bits per heavy atom. The summed E-state index contributed by atoms with van der Waals surface area (Å²) < 4.78 is 13.7. The standard InChI is InChI=1S/C34H51FN4O3/c1-33(2,3)37-32(42)34(25-8-6-5-7-9-25)16-18-39(19-17-34)31(41)28(21-23-10-13-26(35)14-11-23)36-30(40)27-20-24-12-15-29(27)38(4)22-24/h10-11,13-14,24-25,27-29H,5-9,12,15-22H2,1-4H3,(H,36,40)(H,37,42)/t24-,27?,28+,29+/m0/s1. The molecule has 1 aromatic carbocycles. The lowest BCUT2D eigenvalue weighted by atomic mass is 9.63. The van der Waals surface area contributed by atoms with Crippen LogP contribution >= 0.6 is 0 Å². The summed E-state index contributed by atoms with van der Waals surface area (Å²) in [5, 5.41) is 6.44. The molecule has 232 valence electrons. The van der Waals surface area contributed by atoms with Crippen LogP contribution in [0.5, 0.6) is 0 Å². The van der Waals surface area contributed by atoms with Gasteiger partial charge in [-0.25, -0.2) is 4.39 Å². The summed E-state index contributed by atoms with van der Waals surface area (Å²) in [7, 11) is 2.10. The predicted molar refractivity (Wildman–Crippen MR) is 162 cm³/mol. The van der Waals surface area contributed by atoms with Crippen molar-refractivity contribution in [2.45, 2.75) is 109 Å². The zero-order valence-corrected chi connectivity index (χ0v) is 26.1. The van der Waals surface area contributed by atoms with Crippen molar-refractivity contribution in [2.24, 2.45) is 23.2 Å². The van der Waals surface area contributed by atoms with Crippen LogP contribution in [0.15, 0.2) is 24.3 Å². The van der Waals surface area contributed by atoms with Gasteiger partial charge in [0.2, 0.25) is 17.7 Å². The van der Waals surface area contributed by atoms with E-state index in [0.717, 1.165) is 57.1 Å². The Morgan fingerprint density at radius 2 is 1.67 bits per heavy atom. The summed E-state index contributed by atoms with van der Waals surface area (Å²) in [4.78, 5) is 45.8. The van der Waals surface area contributed by atoms with E-state index in [0.29, 0.717) is 44.2 Å². The number of hydrogen-bond donors (Lipinski definition) is 2. The molecular weight excluding hydrogens is 531 g/mol. The third-order valence-electron chi connectivity index (χ3n) is 10.6. The van der Waals surface area contributed by atoms with Crippen LogP contribution in [0, 0.1) is 29.0 Å². The Morgan fingerprint density at radius 3 is 2.26 bits per heavy atom. The second-order valence-corrected chi connectivity index (χ2v) is 14.7. The van der Waals surface area contributed by atoms with Gasteiger partial charge in [-0.15, -0.1) is 0 Å². The van der Waals surface area contributed by atoms with Gasteiger partial charge < -0.3 is 20.4 Å². The number of carbonyl (C=O) groups is 3. The van der Waals surface area contributed by atoms with Crippen LogP contribution in [0.25, 0.3) is 0 Å². The zero-order chi connectivity index (χ0) is 30.1. The average Bonchev–Trinajstić information content (AvgIpc) is 2.97. The zero-order valence-electron chi connectivity index (χ0n) is 26.1. The molecule has 2 saturated carbocycles. The largest absolute Gasteiger partial charge is 0.351 e. The number of fused-ring (bicyclic) bond motifs is 3. The fourth-order valence-corrected chi connectivity index (χ4v) is 8.38. The minimum Gasteiger partial charge on any atom is -0.351 e. The topological polar surface area (TPSA) is 81.8 Å². The molecule has 3 heterocycles. The minimum absolute atomic E-state index is 0.0465. The van der Waals surface area contributed by atoms with Gasteiger partial charge in [0.25, 0.3) is 0 Å². The fraction of sp³-hybridized carbons (Fsp3) is 0.735. The fourth-order valence-electron chi connectivity index (χ4n) is 8.38. The first kappa shape index (κ1) is 31.0. The number of hydrogen-bond acceptors (Lipinski definition) is 4. The van der Waals surface area contributed by atoms with Crippen molar-refractivity contribution >= 4 is 17.7 Å². The summed E-state index contributed by atoms with van der Waals surface area (Å²) in [6.07, 6.45) is 10.3. The van der Waals surface area contributed by atoms with E-state index >= 15 is 0 Å². The molecule has 42 heavy (non-hydrogen) atoms. The summed E-state index contributed by atoms with van der Waals surface area (Å²) in [5.41, 5.74) is 0.0325. The molecule has 7 nitrogen and oxygen atoms in total. The van der Waals surface area contributed by atoms with Crippen LogP contribution in [-0.4, -0.2) is 71.8 Å². The SMILES string of the molecule is CN1C[C@H]2CC[C@@H]1C(C(=O)N[C@H](Cc1ccc(F)cc1)C(=O)N1CCC(C(=O)NC(C)(C)C)(C3CCCCC3)CC1)C2. The van der Waals surface area contributed by atoms with Crippen molar-refractivity contribution in [3.63, 3.8) is 0 Å². The first-order chi connectivity index (χ1) is 19.9. The first-order valence-electron chi connectivity index (χ1n) is 16.3. The molecule has 0 aromatic heterocycles. The summed E-state index contributed by atoms with van der Waals surface area (Å²) in [6, 6.07) is 5.68. The van der Waals surface area contributed by atoms with Crippen molar-refractivity contribution < 1.29 is 18.8 Å². The van der Waals surface area contributed by atoms with Crippen LogP contribution in [-0.2, 0) is 20.8 Å². The molecule has 2 aliphatic carbocycles. The molecule has 8 heteroatoms. The summed E-state index contributed by atoms with van der Waals surface area (Å²) >= 11 is 0. The van der Waals surface area contributed by atoms with Crippen LogP contribution in [0.2, 0.25) is 0 Å². The van der Waals surface area contributed by atoms with Gasteiger partial charge in [-0.05, 0) is 102 Å². The van der Waals surface area contributed by atoms with E-state index in [1.165, 1.54) is 18.6 Å². The maximum atomic E-state index is 14.1. The second kappa shape index (κ2) is 12.6. The predicted octanol–water partition coefficient (Wildman–Crippen LogP) is 4.69. The molecule has 0 spiro atoms. The molecule has 6 rings (SSSR count). The number of rotatable bonds is 7. The molecule has 3 aliphatic heterocycles. The van der Waals surface area contributed by atoms with Crippen molar-refractivity contribution in [1.82, 2.24) is 20.4 Å². The Kier molecular flexibility index (Phi) is 9.31. The molecule has 2 N–H and O–H groups in total. The van der Waals surface area contributed by atoms with Crippen LogP contribution in [0.4, 0.5) is 4.39 Å². The quantitative estimate of drug-likeness (QED) is 0.489. The first-order valence-corrected chi connectivity index (χ1v) is 16.3. The highest BCUT2D eigenvalue weighted by Gasteiger charge is 2.49. The molecule has 4 atom stereocenters. The van der Waals surface area contributed by atoms with Gasteiger partial charge in [-0.1, -0.05) is 31.4 Å². The number of carbonyl (C=O) groups excluding carboxylic acids is 3. The van der Waals surface area contributed by atoms with Crippen LogP contribution in [0.1, 0.15) is 90.5 Å². The van der Waals surface area contributed by atoms with Gasteiger partial charge in [0.05, 0.1) is 11.3 Å². The highest BCUT2D eigenvalue weighted by atomic mass is 19.1. The number of halogens is 1. The van der Waals surface area contributed by atoms with Gasteiger partial charge in [-0.2, -0.15) is 0 Å². The normalized spacial score (nSPS) is 27.4. The number of piperidine rings is 3. The molecule has 3 saturated heterocycles. The lowest BCUT2D eigenvalue weighted by Gasteiger charge is -2.48. The van der Waals surface area contributed by atoms with Gasteiger partial charge in [-0.3, -0.25) is 14.4 Å². The van der Waals surface area contributed by atoms with E-state index < -0.39 is 11.5 Å². The number of benzene rings is 1. The smallest absolute Gasteiger partial charge is 0.245 e. The molecule has 0 radical (unpaired) electrons. The van der Waals surface area contributed by atoms with E-state index in [2.05, 4.69) is 22.6 Å². The van der Waals surface area contributed by atoms with E-state index in [1.807, 2.05) is 25.7 Å². The molecule has 3 amide bonds. The van der Waals surface area contributed by atoms with Crippen molar-refractivity contribution in [2.75, 3.05) is 26.7 Å². The van der Waals surface area contributed by atoms with E-state index in [-0.39, 0.29) is 41.0 Å². The van der Waals surface area contributed by atoms with Crippen molar-refractivity contribution in [1.29, 1.82) is 0 Å². The lowest BCUT2D eigenvalue weighted by Crippen LogP contribution is -2.60. The third kappa shape index (κ3) is 6.84. The van der Waals surface area contributed by atoms with Crippen molar-refractivity contribution in [3.05, 3.63) is 35.6 Å². The van der Waals surface area contributed by atoms with Gasteiger partial charge in [0, 0.05) is 37.6 Å². The van der Waals surface area contributed by atoms with Gasteiger partial charge in [0.1, 0.15) is 11.9 Å². The van der Waals surface area contributed by atoms with Gasteiger partial charge >= 0.3 is 0 Å². The summed E-state index contributed by atoms with van der Waals surface area (Å²) in [6.45, 7) is 8.11. The van der Waals surface area contributed by atoms with Crippen molar-refractivity contribution in [3.8, 4) is 0 Å².